The van der Waals surface area contributed by atoms with E-state index in [4.69, 9.17) is 4.74 Å². The summed E-state index contributed by atoms with van der Waals surface area (Å²) in [5.74, 6) is -0.0854. The van der Waals surface area contributed by atoms with Gasteiger partial charge in [0.15, 0.2) is 0 Å². The molecule has 0 aromatic rings. The van der Waals surface area contributed by atoms with E-state index in [9.17, 15) is 19.8 Å². The van der Waals surface area contributed by atoms with Crippen molar-refractivity contribution < 1.29 is 24.5 Å². The van der Waals surface area contributed by atoms with E-state index in [1.165, 1.54) is 205 Å². The summed E-state index contributed by atoms with van der Waals surface area (Å²) in [4.78, 5) is 24.4. The zero-order valence-corrected chi connectivity index (χ0v) is 39.7. The fraction of sp³-hybridized carbons (Fsp3) is 0.925. The zero-order chi connectivity index (χ0) is 43.0. The maximum Gasteiger partial charge on any atom is 0.305 e. The number of allylic oxidation sites excluding steroid dienone is 1. The Hall–Kier alpha value is -1.40. The summed E-state index contributed by atoms with van der Waals surface area (Å²) in [5.41, 5.74) is 0. The average Bonchev–Trinajstić information content (AvgIpc) is 3.24. The standard InChI is InChI=1S/C53H103NO5/c1-3-5-7-9-11-13-15-16-17-18-19-20-22-26-29-33-37-41-45-51(56)50(49-55)54-52(57)46-42-38-34-30-27-23-21-24-28-32-36-40-44-48-59-53(58)47-43-39-35-31-25-14-12-10-8-6-4-2/h41,45,50-51,55-56H,3-40,42-44,46-49H2,1-2H3,(H,54,57)/b45-41+. The molecule has 0 bridgehead atoms. The van der Waals surface area contributed by atoms with Crippen LogP contribution >= 0.6 is 0 Å². The molecule has 0 aliphatic carbocycles. The number of ether oxygens (including phenoxy) is 1. The van der Waals surface area contributed by atoms with Crippen molar-refractivity contribution in [3.63, 3.8) is 0 Å². The number of unbranched alkanes of at least 4 members (excludes halogenated alkanes) is 38. The molecule has 0 saturated carbocycles. The second-order valence-electron chi connectivity index (χ2n) is 18.2. The van der Waals surface area contributed by atoms with E-state index in [0.29, 0.717) is 19.4 Å². The number of hydrogen-bond acceptors (Lipinski definition) is 5. The third kappa shape index (κ3) is 45.9. The SMILES string of the molecule is CCCCCCCCCCCCCCCCCC/C=C/C(O)C(CO)NC(=O)CCCCCCCCCCCCCCCOC(=O)CCCCCCCCCCCCC. The molecule has 0 aliphatic heterocycles. The van der Waals surface area contributed by atoms with E-state index in [1.54, 1.807) is 6.08 Å². The van der Waals surface area contributed by atoms with Gasteiger partial charge in [-0.05, 0) is 32.1 Å². The van der Waals surface area contributed by atoms with Gasteiger partial charge in [-0.2, -0.15) is 0 Å². The Morgan fingerprint density at radius 3 is 1.15 bits per heavy atom. The largest absolute Gasteiger partial charge is 0.466 e. The van der Waals surface area contributed by atoms with Crippen molar-refractivity contribution in [1.82, 2.24) is 5.32 Å². The second kappa shape index (κ2) is 49.3. The lowest BCUT2D eigenvalue weighted by atomic mass is 10.0. The molecule has 2 atom stereocenters. The molecule has 0 aromatic heterocycles. The van der Waals surface area contributed by atoms with Crippen LogP contribution in [0.3, 0.4) is 0 Å². The Kier molecular flexibility index (Phi) is 48.1. The van der Waals surface area contributed by atoms with Crippen LogP contribution < -0.4 is 5.32 Å². The van der Waals surface area contributed by atoms with Gasteiger partial charge in [0.1, 0.15) is 0 Å². The summed E-state index contributed by atoms with van der Waals surface area (Å²) in [6.07, 6.45) is 56.4. The molecule has 2 unspecified atom stereocenters. The summed E-state index contributed by atoms with van der Waals surface area (Å²) < 4.78 is 5.45. The lowest BCUT2D eigenvalue weighted by Crippen LogP contribution is -2.45. The van der Waals surface area contributed by atoms with Crippen LogP contribution in [-0.2, 0) is 14.3 Å². The lowest BCUT2D eigenvalue weighted by Gasteiger charge is -2.20. The van der Waals surface area contributed by atoms with E-state index >= 15 is 0 Å². The molecular weight excluding hydrogens is 731 g/mol. The number of carbonyl (C=O) groups excluding carboxylic acids is 2. The molecule has 0 aliphatic rings. The number of amides is 1. The van der Waals surface area contributed by atoms with Gasteiger partial charge < -0.3 is 20.3 Å². The number of rotatable bonds is 49. The first-order valence-corrected chi connectivity index (χ1v) is 26.5. The summed E-state index contributed by atoms with van der Waals surface area (Å²) >= 11 is 0. The molecule has 0 fully saturated rings. The molecule has 6 heteroatoms. The third-order valence-electron chi connectivity index (χ3n) is 12.3. The molecule has 1 amide bonds. The topological polar surface area (TPSA) is 95.9 Å². The van der Waals surface area contributed by atoms with Gasteiger partial charge in [-0.1, -0.05) is 257 Å². The molecule has 0 heterocycles. The minimum Gasteiger partial charge on any atom is -0.466 e. The Balaban J connectivity index is 3.49. The monoisotopic (exact) mass is 834 g/mol. The highest BCUT2D eigenvalue weighted by atomic mass is 16.5. The number of aliphatic hydroxyl groups excluding tert-OH is 2. The van der Waals surface area contributed by atoms with Crippen molar-refractivity contribution in [3.8, 4) is 0 Å². The molecule has 0 aromatic carbocycles. The van der Waals surface area contributed by atoms with Crippen molar-refractivity contribution in [1.29, 1.82) is 0 Å². The quantitative estimate of drug-likeness (QED) is 0.0322. The van der Waals surface area contributed by atoms with Crippen molar-refractivity contribution >= 4 is 11.9 Å². The van der Waals surface area contributed by atoms with Crippen LogP contribution in [0, 0.1) is 0 Å². The molecule has 0 spiro atoms. The van der Waals surface area contributed by atoms with Crippen LogP contribution in [0.2, 0.25) is 0 Å². The van der Waals surface area contributed by atoms with Crippen LogP contribution in [0.25, 0.3) is 0 Å². The van der Waals surface area contributed by atoms with Crippen LogP contribution in [0.15, 0.2) is 12.2 Å². The Bertz CT molecular complexity index is 878. The van der Waals surface area contributed by atoms with Crippen molar-refractivity contribution in [2.75, 3.05) is 13.2 Å². The number of aliphatic hydroxyl groups is 2. The number of hydrogen-bond donors (Lipinski definition) is 3. The molecule has 350 valence electrons. The molecule has 0 rings (SSSR count). The van der Waals surface area contributed by atoms with Crippen molar-refractivity contribution in [2.45, 2.75) is 302 Å². The predicted octanol–water partition coefficient (Wildman–Crippen LogP) is 15.7. The lowest BCUT2D eigenvalue weighted by molar-refractivity contribution is -0.143. The van der Waals surface area contributed by atoms with E-state index in [-0.39, 0.29) is 18.5 Å². The maximum absolute atomic E-state index is 12.4. The van der Waals surface area contributed by atoms with Gasteiger partial charge >= 0.3 is 5.97 Å². The normalized spacial score (nSPS) is 12.7. The van der Waals surface area contributed by atoms with Crippen molar-refractivity contribution in [2.24, 2.45) is 0 Å². The fourth-order valence-corrected chi connectivity index (χ4v) is 8.22. The first kappa shape index (κ1) is 57.6. The highest BCUT2D eigenvalue weighted by molar-refractivity contribution is 5.76. The molecule has 0 saturated heterocycles. The smallest absolute Gasteiger partial charge is 0.305 e. The summed E-state index contributed by atoms with van der Waals surface area (Å²) in [6.45, 7) is 4.88. The maximum atomic E-state index is 12.4. The first-order valence-electron chi connectivity index (χ1n) is 26.5. The Labute approximate surface area is 368 Å². The second-order valence-corrected chi connectivity index (χ2v) is 18.2. The van der Waals surface area contributed by atoms with Gasteiger partial charge in [-0.15, -0.1) is 0 Å². The minimum absolute atomic E-state index is 0.00681. The Morgan fingerprint density at radius 2 is 0.780 bits per heavy atom. The van der Waals surface area contributed by atoms with Crippen LogP contribution in [0.1, 0.15) is 290 Å². The first-order chi connectivity index (χ1) is 29.0. The Morgan fingerprint density at radius 1 is 0.458 bits per heavy atom. The molecular formula is C53H103NO5. The van der Waals surface area contributed by atoms with E-state index < -0.39 is 12.1 Å². The van der Waals surface area contributed by atoms with Gasteiger partial charge in [0.25, 0.3) is 0 Å². The van der Waals surface area contributed by atoms with Crippen molar-refractivity contribution in [3.05, 3.63) is 12.2 Å². The number of nitrogens with one attached hydrogen (secondary N) is 1. The highest BCUT2D eigenvalue weighted by Crippen LogP contribution is 2.16. The zero-order valence-electron chi connectivity index (χ0n) is 39.7. The molecule has 0 radical (unpaired) electrons. The van der Waals surface area contributed by atoms with Gasteiger partial charge in [-0.3, -0.25) is 9.59 Å². The number of carbonyl (C=O) groups is 2. The average molecular weight is 834 g/mol. The van der Waals surface area contributed by atoms with E-state index in [1.807, 2.05) is 6.08 Å². The molecule has 3 N–H and O–H groups in total. The fourth-order valence-electron chi connectivity index (χ4n) is 8.22. The summed E-state index contributed by atoms with van der Waals surface area (Å²) in [5, 5.41) is 23.1. The van der Waals surface area contributed by atoms with Crippen LogP contribution in [0.4, 0.5) is 0 Å². The van der Waals surface area contributed by atoms with Gasteiger partial charge in [0.05, 0.1) is 25.4 Å². The van der Waals surface area contributed by atoms with Gasteiger partial charge in [-0.25, -0.2) is 0 Å². The highest BCUT2D eigenvalue weighted by Gasteiger charge is 2.18. The van der Waals surface area contributed by atoms with Gasteiger partial charge in [0, 0.05) is 12.8 Å². The van der Waals surface area contributed by atoms with E-state index in [2.05, 4.69) is 19.2 Å². The van der Waals surface area contributed by atoms with E-state index in [0.717, 1.165) is 57.8 Å². The molecule has 59 heavy (non-hydrogen) atoms. The van der Waals surface area contributed by atoms with Crippen LogP contribution in [-0.4, -0.2) is 47.4 Å². The number of esters is 1. The summed E-state index contributed by atoms with van der Waals surface area (Å²) in [7, 11) is 0. The predicted molar refractivity (Wildman–Crippen MR) is 255 cm³/mol. The van der Waals surface area contributed by atoms with Crippen LogP contribution in [0.5, 0.6) is 0 Å². The third-order valence-corrected chi connectivity index (χ3v) is 12.3. The summed E-state index contributed by atoms with van der Waals surface area (Å²) in [6, 6.07) is -0.636. The van der Waals surface area contributed by atoms with Gasteiger partial charge in [0.2, 0.25) is 5.91 Å². The minimum atomic E-state index is -0.852. The molecule has 6 nitrogen and oxygen atoms in total.